The van der Waals surface area contributed by atoms with E-state index in [1.165, 1.54) is 18.9 Å². The molecule has 0 aromatic heterocycles. The second kappa shape index (κ2) is 9.99. The molecule has 0 aliphatic heterocycles. The summed E-state index contributed by atoms with van der Waals surface area (Å²) in [5.74, 6) is -1.23. The number of amides is 1. The molecular formula is C14H25NO5S2. The fourth-order valence-electron chi connectivity index (χ4n) is 1.49. The van der Waals surface area contributed by atoms with E-state index in [9.17, 15) is 14.4 Å². The van der Waals surface area contributed by atoms with Gasteiger partial charge in [0.05, 0.1) is 0 Å². The summed E-state index contributed by atoms with van der Waals surface area (Å²) in [5, 5.41) is 17.4. The third kappa shape index (κ3) is 9.19. The van der Waals surface area contributed by atoms with Crippen molar-refractivity contribution in [2.75, 3.05) is 12.8 Å². The zero-order valence-corrected chi connectivity index (χ0v) is 15.1. The third-order valence-corrected chi connectivity index (χ3v) is 6.61. The predicted octanol–water partition coefficient (Wildman–Crippen LogP) is 2.72. The van der Waals surface area contributed by atoms with Crippen molar-refractivity contribution in [1.29, 1.82) is 0 Å². The SMILES string of the molecule is C[C@@H](C(=O)O)N(C)C(=O)CCC(C)(C)SSCCCC(=O)O. The smallest absolute Gasteiger partial charge is 0.326 e. The van der Waals surface area contributed by atoms with Crippen molar-refractivity contribution in [1.82, 2.24) is 4.90 Å². The summed E-state index contributed by atoms with van der Waals surface area (Å²) in [5.41, 5.74) is 0. The van der Waals surface area contributed by atoms with Crippen LogP contribution in [-0.2, 0) is 14.4 Å². The van der Waals surface area contributed by atoms with E-state index in [1.807, 2.05) is 13.8 Å². The van der Waals surface area contributed by atoms with Crippen molar-refractivity contribution in [3.05, 3.63) is 0 Å². The Morgan fingerprint density at radius 2 is 1.77 bits per heavy atom. The molecule has 128 valence electrons. The van der Waals surface area contributed by atoms with E-state index in [0.717, 1.165) is 5.75 Å². The molecule has 0 heterocycles. The van der Waals surface area contributed by atoms with Gasteiger partial charge in [0.15, 0.2) is 0 Å². The zero-order valence-electron chi connectivity index (χ0n) is 13.5. The first-order valence-electron chi connectivity index (χ1n) is 7.07. The molecule has 2 N–H and O–H groups in total. The number of nitrogens with zero attached hydrogens (tertiary/aromatic N) is 1. The predicted molar refractivity (Wildman–Crippen MR) is 90.1 cm³/mol. The van der Waals surface area contributed by atoms with Crippen molar-refractivity contribution < 1.29 is 24.6 Å². The summed E-state index contributed by atoms with van der Waals surface area (Å²) in [6.45, 7) is 5.53. The molecule has 1 amide bonds. The minimum absolute atomic E-state index is 0.128. The molecule has 0 saturated heterocycles. The molecule has 0 aromatic rings. The lowest BCUT2D eigenvalue weighted by molar-refractivity contribution is -0.148. The van der Waals surface area contributed by atoms with Gasteiger partial charge < -0.3 is 15.1 Å². The standard InChI is InChI=1S/C14H25NO5S2/c1-10(13(19)20)15(4)11(16)7-8-14(2,3)22-21-9-5-6-12(17)18/h10H,5-9H2,1-4H3,(H,17,18)(H,19,20)/t10-/m0/s1. The van der Waals surface area contributed by atoms with E-state index < -0.39 is 18.0 Å². The van der Waals surface area contributed by atoms with Gasteiger partial charge in [-0.05, 0) is 33.6 Å². The number of carboxylic acids is 2. The van der Waals surface area contributed by atoms with Crippen LogP contribution < -0.4 is 0 Å². The van der Waals surface area contributed by atoms with E-state index in [1.54, 1.807) is 21.6 Å². The molecule has 0 spiro atoms. The van der Waals surface area contributed by atoms with Crippen LogP contribution in [0.25, 0.3) is 0 Å². The Morgan fingerprint density at radius 3 is 2.27 bits per heavy atom. The van der Waals surface area contributed by atoms with Crippen LogP contribution in [0.5, 0.6) is 0 Å². The van der Waals surface area contributed by atoms with E-state index in [2.05, 4.69) is 0 Å². The monoisotopic (exact) mass is 351 g/mol. The van der Waals surface area contributed by atoms with Gasteiger partial charge in [-0.15, -0.1) is 0 Å². The molecule has 0 saturated carbocycles. The average molecular weight is 351 g/mol. The molecule has 0 rings (SSSR count). The molecule has 0 fully saturated rings. The van der Waals surface area contributed by atoms with E-state index in [-0.39, 0.29) is 17.1 Å². The quantitative estimate of drug-likeness (QED) is 0.436. The number of rotatable bonds is 11. The molecule has 0 aliphatic carbocycles. The van der Waals surface area contributed by atoms with Crippen LogP contribution >= 0.6 is 21.6 Å². The van der Waals surface area contributed by atoms with Gasteiger partial charge in [-0.1, -0.05) is 21.6 Å². The minimum Gasteiger partial charge on any atom is -0.481 e. The first-order valence-corrected chi connectivity index (χ1v) is 9.39. The Balaban J connectivity index is 4.07. The molecule has 1 atom stereocenters. The number of aliphatic carboxylic acids is 2. The molecule has 0 aliphatic rings. The van der Waals surface area contributed by atoms with Gasteiger partial charge >= 0.3 is 11.9 Å². The number of carbonyl (C=O) groups is 3. The summed E-state index contributed by atoms with van der Waals surface area (Å²) in [6.07, 6.45) is 1.73. The summed E-state index contributed by atoms with van der Waals surface area (Å²) < 4.78 is -0.128. The molecule has 22 heavy (non-hydrogen) atoms. The normalized spacial score (nSPS) is 12.7. The fraction of sp³-hybridized carbons (Fsp3) is 0.786. The van der Waals surface area contributed by atoms with E-state index in [0.29, 0.717) is 19.3 Å². The topological polar surface area (TPSA) is 94.9 Å². The van der Waals surface area contributed by atoms with Crippen LogP contribution in [-0.4, -0.2) is 56.5 Å². The van der Waals surface area contributed by atoms with Crippen molar-refractivity contribution in [2.24, 2.45) is 0 Å². The van der Waals surface area contributed by atoms with Gasteiger partial charge in [-0.3, -0.25) is 9.59 Å². The van der Waals surface area contributed by atoms with Crippen LogP contribution in [0.1, 0.15) is 46.5 Å². The van der Waals surface area contributed by atoms with Gasteiger partial charge in [0.2, 0.25) is 5.91 Å². The van der Waals surface area contributed by atoms with Crippen LogP contribution in [0.2, 0.25) is 0 Å². The maximum absolute atomic E-state index is 12.0. The first kappa shape index (κ1) is 21.1. The van der Waals surface area contributed by atoms with Gasteiger partial charge in [0.1, 0.15) is 6.04 Å². The summed E-state index contributed by atoms with van der Waals surface area (Å²) in [4.78, 5) is 34.5. The van der Waals surface area contributed by atoms with Crippen molar-refractivity contribution in [2.45, 2.75) is 57.2 Å². The molecule has 6 nitrogen and oxygen atoms in total. The Labute approximate surface area is 139 Å². The first-order chi connectivity index (χ1) is 10.1. The van der Waals surface area contributed by atoms with Gasteiger partial charge in [0, 0.05) is 30.4 Å². The highest BCUT2D eigenvalue weighted by Crippen LogP contribution is 2.39. The summed E-state index contributed by atoms with van der Waals surface area (Å²) in [7, 11) is 4.75. The highest BCUT2D eigenvalue weighted by atomic mass is 33.1. The Hall–Kier alpha value is -0.890. The molecule has 0 radical (unpaired) electrons. The van der Waals surface area contributed by atoms with E-state index in [4.69, 9.17) is 10.2 Å². The largest absolute Gasteiger partial charge is 0.481 e. The second-order valence-corrected chi connectivity index (χ2v) is 8.80. The second-order valence-electron chi connectivity index (χ2n) is 5.68. The highest BCUT2D eigenvalue weighted by molar-refractivity contribution is 8.77. The number of hydrogen-bond donors (Lipinski definition) is 2. The molecule has 0 unspecified atom stereocenters. The third-order valence-electron chi connectivity index (χ3n) is 3.18. The van der Waals surface area contributed by atoms with Crippen LogP contribution in [0.3, 0.4) is 0 Å². The number of carbonyl (C=O) groups excluding carboxylic acids is 1. The Kier molecular flexibility index (Phi) is 9.59. The molecular weight excluding hydrogens is 326 g/mol. The van der Waals surface area contributed by atoms with Crippen molar-refractivity contribution in [3.63, 3.8) is 0 Å². The zero-order chi connectivity index (χ0) is 17.3. The Morgan fingerprint density at radius 1 is 1.18 bits per heavy atom. The molecule has 0 aromatic carbocycles. The summed E-state index contributed by atoms with van der Waals surface area (Å²) >= 11 is 0. The maximum atomic E-state index is 12.0. The number of likely N-dealkylation sites (N-methyl/N-ethyl adjacent to an activating group) is 1. The lowest BCUT2D eigenvalue weighted by Gasteiger charge is -2.26. The van der Waals surface area contributed by atoms with Crippen molar-refractivity contribution >= 4 is 39.4 Å². The van der Waals surface area contributed by atoms with Crippen LogP contribution in [0, 0.1) is 0 Å². The highest BCUT2D eigenvalue weighted by Gasteiger charge is 2.25. The number of hydrogen-bond acceptors (Lipinski definition) is 5. The maximum Gasteiger partial charge on any atom is 0.326 e. The van der Waals surface area contributed by atoms with Crippen LogP contribution in [0.4, 0.5) is 0 Å². The van der Waals surface area contributed by atoms with Gasteiger partial charge in [0.25, 0.3) is 0 Å². The average Bonchev–Trinajstić information content (AvgIpc) is 2.42. The Bertz CT molecular complexity index is 401. The molecule has 8 heteroatoms. The van der Waals surface area contributed by atoms with Crippen molar-refractivity contribution in [3.8, 4) is 0 Å². The number of carboxylic acid groups (broad SMARTS) is 2. The van der Waals surface area contributed by atoms with Crippen LogP contribution in [0.15, 0.2) is 0 Å². The van der Waals surface area contributed by atoms with E-state index >= 15 is 0 Å². The minimum atomic E-state index is -1.02. The molecule has 0 bridgehead atoms. The lowest BCUT2D eigenvalue weighted by atomic mass is 10.1. The van der Waals surface area contributed by atoms with Gasteiger partial charge in [-0.2, -0.15) is 0 Å². The van der Waals surface area contributed by atoms with Gasteiger partial charge in [-0.25, -0.2) is 4.79 Å². The fourth-order valence-corrected chi connectivity index (χ4v) is 4.15. The summed E-state index contributed by atoms with van der Waals surface area (Å²) in [6, 6.07) is -0.825. The lowest BCUT2D eigenvalue weighted by Crippen LogP contribution is -2.40.